The minimum Gasteiger partial charge on any atom is -0.0911 e. The summed E-state index contributed by atoms with van der Waals surface area (Å²) in [5.74, 6) is 0. The maximum Gasteiger partial charge on any atom is 0.00905 e. The van der Waals surface area contributed by atoms with Crippen LogP contribution in [0.3, 0.4) is 0 Å². The van der Waals surface area contributed by atoms with Crippen LogP contribution in [0.2, 0.25) is 0 Å². The number of hydrogen-bond acceptors (Lipinski definition) is 0. The fourth-order valence-corrected chi connectivity index (χ4v) is 2.70. The summed E-state index contributed by atoms with van der Waals surface area (Å²) in [7, 11) is 0. The summed E-state index contributed by atoms with van der Waals surface area (Å²) in [6, 6.07) is 6.68. The molecule has 1 aromatic rings. The van der Waals surface area contributed by atoms with Gasteiger partial charge in [-0.25, -0.2) is 0 Å². The average Bonchev–Trinajstić information content (AvgIpc) is 2.36. The Hall–Kier alpha value is -0.830. The molecule has 0 N–H and O–H groups in total. The lowest BCUT2D eigenvalue weighted by atomic mass is 9.77. The van der Waals surface area contributed by atoms with Crippen LogP contribution in [-0.4, -0.2) is 0 Å². The summed E-state index contributed by atoms with van der Waals surface area (Å²) >= 11 is 2.38. The summed E-state index contributed by atoms with van der Waals surface area (Å²) in [5.41, 5.74) is 5.24. The fourth-order valence-electron chi connectivity index (χ4n) is 2.30. The lowest BCUT2D eigenvalue weighted by Crippen LogP contribution is -2.18. The Morgan fingerprint density at radius 1 is 1.22 bits per heavy atom. The summed E-state index contributed by atoms with van der Waals surface area (Å²) in [6.07, 6.45) is 7.63. The molecule has 0 bridgehead atoms. The Morgan fingerprint density at radius 2 is 1.94 bits per heavy atom. The Balaban J connectivity index is 2.65. The van der Waals surface area contributed by atoms with Gasteiger partial charge in [-0.2, -0.15) is 0 Å². The second kappa shape index (κ2) is 5.04. The van der Waals surface area contributed by atoms with Gasteiger partial charge in [-0.1, -0.05) is 56.3 Å². The van der Waals surface area contributed by atoms with Gasteiger partial charge >= 0.3 is 0 Å². The number of halogens is 1. The lowest BCUT2D eigenvalue weighted by molar-refractivity contribution is 0.532. The molecule has 0 heterocycles. The molecule has 0 radical (unpaired) electrons. The predicted octanol–water partition coefficient (Wildman–Crippen LogP) is 5.56. The molecule has 0 amide bonds. The molecule has 0 spiro atoms. The molecule has 0 unspecified atom stereocenters. The molecule has 1 heteroatoms. The van der Waals surface area contributed by atoms with E-state index in [9.17, 15) is 0 Å². The Morgan fingerprint density at radius 3 is 2.67 bits per heavy atom. The zero-order valence-electron chi connectivity index (χ0n) is 11.3. The molecular formula is C17H19I. The molecule has 94 valence electrons. The molecular weight excluding hydrogens is 331 g/mol. The van der Waals surface area contributed by atoms with Crippen molar-refractivity contribution in [2.75, 3.05) is 0 Å². The maximum atomic E-state index is 4.21. The van der Waals surface area contributed by atoms with Crippen LogP contribution in [0.25, 0.3) is 5.57 Å². The van der Waals surface area contributed by atoms with Crippen molar-refractivity contribution in [1.82, 2.24) is 0 Å². The van der Waals surface area contributed by atoms with Crippen molar-refractivity contribution in [3.8, 4) is 0 Å². The van der Waals surface area contributed by atoms with E-state index in [4.69, 9.17) is 0 Å². The van der Waals surface area contributed by atoms with Gasteiger partial charge in [0.25, 0.3) is 0 Å². The molecule has 0 aliphatic heterocycles. The van der Waals surface area contributed by atoms with Gasteiger partial charge in [-0.15, -0.1) is 0 Å². The smallest absolute Gasteiger partial charge is 0.00905 e. The highest BCUT2D eigenvalue weighted by molar-refractivity contribution is 14.1. The van der Waals surface area contributed by atoms with Crippen LogP contribution in [0, 0.1) is 6.92 Å². The first-order valence-electron chi connectivity index (χ1n) is 6.24. The van der Waals surface area contributed by atoms with Crippen molar-refractivity contribution in [3.05, 3.63) is 63.3 Å². The lowest BCUT2D eigenvalue weighted by Gasteiger charge is -2.27. The fraction of sp³-hybridized carbons (Fsp3) is 0.294. The minimum absolute atomic E-state index is 0.146. The van der Waals surface area contributed by atoms with E-state index < -0.39 is 0 Å². The number of benzene rings is 1. The second-order valence-electron chi connectivity index (χ2n) is 5.58. The van der Waals surface area contributed by atoms with Gasteiger partial charge in [0, 0.05) is 3.58 Å². The normalized spacial score (nSPS) is 23.1. The zero-order chi connectivity index (χ0) is 13.3. The third-order valence-corrected chi connectivity index (χ3v) is 4.30. The van der Waals surface area contributed by atoms with Crippen LogP contribution in [0.4, 0.5) is 0 Å². The number of rotatable bonds is 0. The number of fused-ring (bicyclic) bond motifs is 1. The van der Waals surface area contributed by atoms with E-state index in [1.54, 1.807) is 0 Å². The summed E-state index contributed by atoms with van der Waals surface area (Å²) in [5, 5.41) is 0. The third kappa shape index (κ3) is 2.77. The molecule has 0 saturated heterocycles. The van der Waals surface area contributed by atoms with Crippen LogP contribution >= 0.6 is 22.6 Å². The van der Waals surface area contributed by atoms with Gasteiger partial charge in [-0.05, 0) is 64.1 Å². The summed E-state index contributed by atoms with van der Waals surface area (Å²) in [6.45, 7) is 11.0. The van der Waals surface area contributed by atoms with Crippen molar-refractivity contribution in [2.24, 2.45) is 0 Å². The van der Waals surface area contributed by atoms with Gasteiger partial charge in [0.2, 0.25) is 0 Å². The summed E-state index contributed by atoms with van der Waals surface area (Å²) < 4.78 is 1.28. The van der Waals surface area contributed by atoms with Crippen LogP contribution in [0.15, 0.2) is 46.6 Å². The van der Waals surface area contributed by atoms with E-state index in [0.717, 1.165) is 12.0 Å². The summed E-state index contributed by atoms with van der Waals surface area (Å²) in [4.78, 5) is 0. The van der Waals surface area contributed by atoms with Gasteiger partial charge in [0.05, 0.1) is 0 Å². The van der Waals surface area contributed by atoms with Crippen molar-refractivity contribution in [3.63, 3.8) is 0 Å². The van der Waals surface area contributed by atoms with Gasteiger partial charge in [0.1, 0.15) is 0 Å². The van der Waals surface area contributed by atoms with Crippen LogP contribution < -0.4 is 0 Å². The van der Waals surface area contributed by atoms with Gasteiger partial charge < -0.3 is 0 Å². The SMILES string of the molecule is C=C1/C=C\C(I)=C/CC(C)(C)c2cc(C)ccc21. The zero-order valence-corrected chi connectivity index (χ0v) is 13.4. The molecule has 1 aromatic carbocycles. The molecule has 1 aliphatic rings. The molecule has 0 saturated carbocycles. The van der Waals surface area contributed by atoms with E-state index in [-0.39, 0.29) is 5.41 Å². The molecule has 1 aliphatic carbocycles. The second-order valence-corrected chi connectivity index (χ2v) is 6.83. The molecule has 2 rings (SSSR count). The largest absolute Gasteiger partial charge is 0.0911 e. The van der Waals surface area contributed by atoms with Crippen molar-refractivity contribution in [1.29, 1.82) is 0 Å². The highest BCUT2D eigenvalue weighted by Gasteiger charge is 2.23. The Bertz CT molecular complexity index is 545. The van der Waals surface area contributed by atoms with Crippen molar-refractivity contribution < 1.29 is 0 Å². The standard InChI is InChI=1S/C17H19I/c1-12-5-8-15-13(2)6-7-14(18)9-10-17(3,4)16(15)11-12/h5-9,11H,2,10H2,1,3-4H3/b7-6-,14-9+. The molecule has 0 nitrogen and oxygen atoms in total. The molecule has 0 aromatic heterocycles. The average molecular weight is 350 g/mol. The first kappa shape index (κ1) is 13.6. The van der Waals surface area contributed by atoms with Crippen molar-refractivity contribution >= 4 is 28.2 Å². The number of allylic oxidation sites excluding steroid dienone is 5. The maximum absolute atomic E-state index is 4.21. The molecule has 0 atom stereocenters. The van der Waals surface area contributed by atoms with Crippen LogP contribution in [0.1, 0.15) is 37.0 Å². The Labute approximate surface area is 124 Å². The van der Waals surface area contributed by atoms with E-state index in [1.165, 1.54) is 20.3 Å². The first-order valence-corrected chi connectivity index (χ1v) is 7.32. The topological polar surface area (TPSA) is 0 Å². The first-order chi connectivity index (χ1) is 8.40. The highest BCUT2D eigenvalue weighted by Crippen LogP contribution is 2.36. The van der Waals surface area contributed by atoms with Crippen molar-refractivity contribution in [2.45, 2.75) is 32.6 Å². The number of hydrogen-bond donors (Lipinski definition) is 0. The Kier molecular flexibility index (Phi) is 3.81. The van der Waals surface area contributed by atoms with Gasteiger partial charge in [0.15, 0.2) is 0 Å². The van der Waals surface area contributed by atoms with E-state index in [2.05, 4.69) is 86.4 Å². The van der Waals surface area contributed by atoms with Crippen LogP contribution in [-0.2, 0) is 5.41 Å². The molecule has 0 fully saturated rings. The van der Waals surface area contributed by atoms with E-state index >= 15 is 0 Å². The van der Waals surface area contributed by atoms with Gasteiger partial charge in [-0.3, -0.25) is 0 Å². The third-order valence-electron chi connectivity index (χ3n) is 3.50. The van der Waals surface area contributed by atoms with Crippen LogP contribution in [0.5, 0.6) is 0 Å². The number of aryl methyl sites for hydroxylation is 1. The van der Waals surface area contributed by atoms with E-state index in [1.807, 2.05) is 0 Å². The minimum atomic E-state index is 0.146. The monoisotopic (exact) mass is 350 g/mol. The van der Waals surface area contributed by atoms with E-state index in [0.29, 0.717) is 0 Å². The molecule has 18 heavy (non-hydrogen) atoms. The predicted molar refractivity (Wildman–Crippen MR) is 89.1 cm³/mol. The highest BCUT2D eigenvalue weighted by atomic mass is 127. The quantitative estimate of drug-likeness (QED) is 0.537.